The monoisotopic (exact) mass is 534 g/mol. The van der Waals surface area contributed by atoms with Crippen molar-refractivity contribution < 1.29 is 28.6 Å². The zero-order valence-electron chi connectivity index (χ0n) is 19.4. The second-order valence-electron chi connectivity index (χ2n) is 7.68. The third kappa shape index (κ3) is 6.74. The number of thiocarbonyl (C=S) groups is 1. The predicted octanol–water partition coefficient (Wildman–Crippen LogP) is 4.53. The summed E-state index contributed by atoms with van der Waals surface area (Å²) in [5.74, 6) is -0.808. The van der Waals surface area contributed by atoms with Gasteiger partial charge in [0, 0.05) is 0 Å². The Hall–Kier alpha value is -3.08. The zero-order valence-corrected chi connectivity index (χ0v) is 21.8. The van der Waals surface area contributed by atoms with Crippen molar-refractivity contribution in [3.05, 3.63) is 63.0 Å². The molecule has 1 saturated heterocycles. The molecule has 0 aromatic heterocycles. The summed E-state index contributed by atoms with van der Waals surface area (Å²) in [7, 11) is 1.46. The van der Waals surface area contributed by atoms with Gasteiger partial charge in [0.1, 0.15) is 0 Å². The minimum atomic E-state index is -0.549. The molecule has 11 heteroatoms. The van der Waals surface area contributed by atoms with Crippen LogP contribution in [0.5, 0.6) is 11.5 Å². The maximum Gasteiger partial charge on any atom is 0.344 e. The van der Waals surface area contributed by atoms with E-state index in [0.29, 0.717) is 22.0 Å². The quantitative estimate of drug-likeness (QED) is 0.300. The highest BCUT2D eigenvalue weighted by atomic mass is 35.5. The molecule has 1 N–H and O–H groups in total. The van der Waals surface area contributed by atoms with Gasteiger partial charge in [-0.15, -0.1) is 0 Å². The first-order valence-electron chi connectivity index (χ1n) is 10.4. The highest BCUT2D eigenvalue weighted by Crippen LogP contribution is 2.34. The van der Waals surface area contributed by atoms with E-state index < -0.39 is 17.8 Å². The molecular weight excluding hydrogens is 512 g/mol. The fraction of sp³-hybridized carbons (Fsp3) is 0.250. The normalized spacial score (nSPS) is 14.5. The standard InChI is InChI=1S/C24H23ClN2O6S2/c1-13(2)33-21(28)12-32-18-8-6-15(10-19(18)31-4)11-20-23(30)27(24(34)35-20)26-22(29)16-7-5-14(3)9-17(16)25/h5-11,13H,12H2,1-4H3,(H,26,29)/b20-11-. The van der Waals surface area contributed by atoms with Crippen LogP contribution in [0.1, 0.15) is 35.3 Å². The largest absolute Gasteiger partial charge is 0.493 e. The van der Waals surface area contributed by atoms with E-state index in [1.54, 1.807) is 56.3 Å². The van der Waals surface area contributed by atoms with Crippen molar-refractivity contribution in [2.24, 2.45) is 0 Å². The summed E-state index contributed by atoms with van der Waals surface area (Å²) in [6.07, 6.45) is 1.37. The minimum absolute atomic E-state index is 0.174. The van der Waals surface area contributed by atoms with Crippen molar-refractivity contribution in [2.75, 3.05) is 13.7 Å². The van der Waals surface area contributed by atoms with Gasteiger partial charge < -0.3 is 14.2 Å². The van der Waals surface area contributed by atoms with E-state index in [9.17, 15) is 14.4 Å². The number of esters is 1. The SMILES string of the molecule is COc1cc(/C=C2\SC(=S)N(NC(=O)c3ccc(C)cc3Cl)C2=O)ccc1OCC(=O)OC(C)C. The van der Waals surface area contributed by atoms with Crippen LogP contribution in [0.4, 0.5) is 0 Å². The van der Waals surface area contributed by atoms with Crippen molar-refractivity contribution in [1.29, 1.82) is 0 Å². The van der Waals surface area contributed by atoms with E-state index in [4.69, 9.17) is 38.0 Å². The van der Waals surface area contributed by atoms with Gasteiger partial charge in [-0.1, -0.05) is 35.5 Å². The van der Waals surface area contributed by atoms with Crippen LogP contribution in [0.2, 0.25) is 5.02 Å². The molecule has 1 heterocycles. The molecule has 0 radical (unpaired) electrons. The molecule has 1 aliphatic heterocycles. The van der Waals surface area contributed by atoms with Crippen LogP contribution in [0, 0.1) is 6.92 Å². The van der Waals surface area contributed by atoms with Gasteiger partial charge in [-0.05, 0) is 74.5 Å². The lowest BCUT2D eigenvalue weighted by atomic mass is 10.1. The lowest BCUT2D eigenvalue weighted by molar-refractivity contribution is -0.149. The van der Waals surface area contributed by atoms with Gasteiger partial charge in [-0.3, -0.25) is 15.0 Å². The first-order chi connectivity index (χ1) is 16.6. The van der Waals surface area contributed by atoms with Crippen LogP contribution in [0.3, 0.4) is 0 Å². The number of ether oxygens (including phenoxy) is 3. The number of carbonyl (C=O) groups is 3. The van der Waals surface area contributed by atoms with Crippen LogP contribution in [-0.4, -0.2) is 46.9 Å². The molecular formula is C24H23ClN2O6S2. The number of carbonyl (C=O) groups excluding carboxylic acids is 3. The van der Waals surface area contributed by atoms with Gasteiger partial charge in [0.2, 0.25) is 0 Å². The van der Waals surface area contributed by atoms with E-state index in [-0.39, 0.29) is 27.6 Å². The van der Waals surface area contributed by atoms with Crippen molar-refractivity contribution in [1.82, 2.24) is 10.4 Å². The van der Waals surface area contributed by atoms with E-state index in [1.807, 2.05) is 6.92 Å². The van der Waals surface area contributed by atoms with Crippen molar-refractivity contribution in [2.45, 2.75) is 26.9 Å². The van der Waals surface area contributed by atoms with Gasteiger partial charge in [0.15, 0.2) is 22.4 Å². The summed E-state index contributed by atoms with van der Waals surface area (Å²) in [5.41, 5.74) is 4.28. The third-order valence-corrected chi connectivity index (χ3v) is 6.19. The Morgan fingerprint density at radius 2 is 1.94 bits per heavy atom. The Kier molecular flexibility index (Phi) is 8.76. The maximum atomic E-state index is 12.9. The van der Waals surface area contributed by atoms with E-state index in [2.05, 4.69) is 5.43 Å². The van der Waals surface area contributed by atoms with E-state index >= 15 is 0 Å². The zero-order chi connectivity index (χ0) is 25.7. The molecule has 0 aliphatic carbocycles. The molecule has 3 rings (SSSR count). The molecule has 2 aromatic carbocycles. The molecule has 2 aromatic rings. The number of amides is 2. The van der Waals surface area contributed by atoms with Gasteiger partial charge in [-0.2, -0.15) is 5.01 Å². The maximum absolute atomic E-state index is 12.9. The second-order valence-corrected chi connectivity index (χ2v) is 9.76. The Labute approximate surface area is 217 Å². The Balaban J connectivity index is 1.72. The number of nitrogens with one attached hydrogen (secondary N) is 1. The number of methoxy groups -OCH3 is 1. The molecule has 0 bridgehead atoms. The summed E-state index contributed by atoms with van der Waals surface area (Å²) in [5, 5.41) is 1.29. The molecule has 8 nitrogen and oxygen atoms in total. The lowest BCUT2D eigenvalue weighted by Crippen LogP contribution is -2.44. The number of hydrazine groups is 1. The van der Waals surface area contributed by atoms with Crippen molar-refractivity contribution >= 4 is 63.8 Å². The van der Waals surface area contributed by atoms with Gasteiger partial charge in [-0.25, -0.2) is 4.79 Å². The molecule has 184 valence electrons. The van der Waals surface area contributed by atoms with E-state index in [0.717, 1.165) is 22.3 Å². The van der Waals surface area contributed by atoms with Crippen molar-refractivity contribution in [3.8, 4) is 11.5 Å². The van der Waals surface area contributed by atoms with Crippen LogP contribution in [0.25, 0.3) is 6.08 Å². The number of nitrogens with zero attached hydrogens (tertiary/aromatic N) is 1. The topological polar surface area (TPSA) is 94.2 Å². The van der Waals surface area contributed by atoms with Crippen molar-refractivity contribution in [3.63, 3.8) is 0 Å². The smallest absolute Gasteiger partial charge is 0.344 e. The number of hydrogen-bond acceptors (Lipinski definition) is 8. The predicted molar refractivity (Wildman–Crippen MR) is 138 cm³/mol. The van der Waals surface area contributed by atoms with Gasteiger partial charge in [0.25, 0.3) is 11.8 Å². The van der Waals surface area contributed by atoms with Gasteiger partial charge >= 0.3 is 5.97 Å². The minimum Gasteiger partial charge on any atom is -0.493 e. The number of hydrogen-bond donors (Lipinski definition) is 1. The first-order valence-corrected chi connectivity index (χ1v) is 12.0. The number of thioether (sulfide) groups is 1. The Bertz CT molecular complexity index is 1210. The fourth-order valence-corrected chi connectivity index (χ4v) is 4.51. The molecule has 0 unspecified atom stereocenters. The number of benzene rings is 2. The number of aryl methyl sites for hydroxylation is 1. The highest BCUT2D eigenvalue weighted by molar-refractivity contribution is 8.26. The third-order valence-electron chi connectivity index (χ3n) is 4.57. The average Bonchev–Trinajstić information content (AvgIpc) is 3.04. The second kappa shape index (κ2) is 11.6. The molecule has 0 spiro atoms. The first kappa shape index (κ1) is 26.5. The van der Waals surface area contributed by atoms with Gasteiger partial charge in [0.05, 0.1) is 28.7 Å². The van der Waals surface area contributed by atoms with Crippen LogP contribution < -0.4 is 14.9 Å². The molecule has 0 atom stereocenters. The number of halogens is 1. The Morgan fingerprint density at radius 1 is 1.20 bits per heavy atom. The Morgan fingerprint density at radius 3 is 2.60 bits per heavy atom. The van der Waals surface area contributed by atoms with Crippen LogP contribution in [0.15, 0.2) is 41.3 Å². The van der Waals surface area contributed by atoms with Crippen LogP contribution in [-0.2, 0) is 14.3 Å². The molecule has 0 saturated carbocycles. The molecule has 35 heavy (non-hydrogen) atoms. The van der Waals surface area contributed by atoms with E-state index in [1.165, 1.54) is 7.11 Å². The lowest BCUT2D eigenvalue weighted by Gasteiger charge is -2.16. The molecule has 1 fully saturated rings. The average molecular weight is 535 g/mol. The number of rotatable bonds is 8. The highest BCUT2D eigenvalue weighted by Gasteiger charge is 2.34. The summed E-state index contributed by atoms with van der Waals surface area (Å²) >= 11 is 12.5. The van der Waals surface area contributed by atoms with Crippen LogP contribution >= 0.6 is 35.6 Å². The molecule has 1 aliphatic rings. The molecule has 2 amide bonds. The summed E-state index contributed by atoms with van der Waals surface area (Å²) < 4.78 is 16.1. The summed E-state index contributed by atoms with van der Waals surface area (Å²) in [6.45, 7) is 5.09. The summed E-state index contributed by atoms with van der Waals surface area (Å²) in [4.78, 5) is 37.6. The summed E-state index contributed by atoms with van der Waals surface area (Å²) in [6, 6.07) is 9.96. The fourth-order valence-electron chi connectivity index (χ4n) is 3.01.